The fourth-order valence-corrected chi connectivity index (χ4v) is 5.62. The molecule has 0 aliphatic carbocycles. The molecular formula is C43H73O9P. The van der Waals surface area contributed by atoms with Gasteiger partial charge in [0, 0.05) is 12.8 Å². The summed E-state index contributed by atoms with van der Waals surface area (Å²) in [5.74, 6) is -0.200. The van der Waals surface area contributed by atoms with Crippen LogP contribution >= 0.6 is 7.82 Å². The number of aliphatic hydroxyl groups is 1. The maximum Gasteiger partial charge on any atom is 0.469 e. The number of allylic oxidation sites excluding steroid dienone is 10. The van der Waals surface area contributed by atoms with Crippen LogP contribution in [0.4, 0.5) is 0 Å². The van der Waals surface area contributed by atoms with E-state index in [4.69, 9.17) is 19.3 Å². The monoisotopic (exact) mass is 764 g/mol. The van der Waals surface area contributed by atoms with Crippen LogP contribution in [-0.4, -0.2) is 52.3 Å². The van der Waals surface area contributed by atoms with Crippen LogP contribution in [0.1, 0.15) is 156 Å². The van der Waals surface area contributed by atoms with E-state index in [2.05, 4.69) is 43.5 Å². The van der Waals surface area contributed by atoms with Crippen LogP contribution in [0.15, 0.2) is 72.9 Å². The van der Waals surface area contributed by atoms with E-state index in [9.17, 15) is 19.3 Å². The lowest BCUT2D eigenvalue weighted by Gasteiger charge is -2.18. The van der Waals surface area contributed by atoms with Gasteiger partial charge in [0.1, 0.15) is 6.61 Å². The third-order valence-electron chi connectivity index (χ3n) is 8.26. The molecule has 0 aliphatic rings. The number of aliphatic hydroxyl groups excluding tert-OH is 1. The molecule has 304 valence electrons. The first-order valence-electron chi connectivity index (χ1n) is 20.2. The van der Waals surface area contributed by atoms with Gasteiger partial charge in [0.2, 0.25) is 0 Å². The Morgan fingerprint density at radius 2 is 1.19 bits per heavy atom. The minimum absolute atomic E-state index is 0.124. The fourth-order valence-electron chi connectivity index (χ4n) is 5.26. The van der Waals surface area contributed by atoms with E-state index in [1.54, 1.807) is 6.08 Å². The van der Waals surface area contributed by atoms with Crippen LogP contribution in [0.5, 0.6) is 0 Å². The van der Waals surface area contributed by atoms with Crippen molar-refractivity contribution >= 4 is 19.8 Å². The first kappa shape index (κ1) is 50.5. The number of esters is 2. The van der Waals surface area contributed by atoms with Crippen molar-refractivity contribution in [3.05, 3.63) is 72.9 Å². The van der Waals surface area contributed by atoms with Crippen molar-refractivity contribution in [2.75, 3.05) is 13.2 Å². The third kappa shape index (κ3) is 40.5. The van der Waals surface area contributed by atoms with E-state index in [1.165, 1.54) is 57.8 Å². The number of carbonyl (C=O) groups excluding carboxylic acids is 2. The average Bonchev–Trinajstić information content (AvgIpc) is 3.10. The third-order valence-corrected chi connectivity index (χ3v) is 8.75. The Labute approximate surface area is 322 Å². The van der Waals surface area contributed by atoms with Gasteiger partial charge in [-0.15, -0.1) is 0 Å². The molecule has 0 aromatic carbocycles. The van der Waals surface area contributed by atoms with Crippen molar-refractivity contribution in [1.82, 2.24) is 0 Å². The van der Waals surface area contributed by atoms with Gasteiger partial charge < -0.3 is 24.4 Å². The molecule has 0 spiro atoms. The van der Waals surface area contributed by atoms with Gasteiger partial charge in [-0.05, 0) is 50.9 Å². The molecule has 53 heavy (non-hydrogen) atoms. The van der Waals surface area contributed by atoms with Crippen molar-refractivity contribution in [2.45, 2.75) is 168 Å². The normalized spacial score (nSPS) is 13.9. The van der Waals surface area contributed by atoms with Crippen molar-refractivity contribution in [1.29, 1.82) is 0 Å². The summed E-state index contributed by atoms with van der Waals surface area (Å²) in [5.41, 5.74) is 0. The zero-order chi connectivity index (χ0) is 39.3. The molecule has 0 heterocycles. The molecule has 9 nitrogen and oxygen atoms in total. The summed E-state index contributed by atoms with van der Waals surface area (Å²) < 4.78 is 26.3. The average molecular weight is 765 g/mol. The highest BCUT2D eigenvalue weighted by Gasteiger charge is 2.22. The van der Waals surface area contributed by atoms with E-state index >= 15 is 0 Å². The highest BCUT2D eigenvalue weighted by atomic mass is 31.2. The molecule has 10 heteroatoms. The fraction of sp³-hybridized carbons (Fsp3) is 0.674. The Morgan fingerprint density at radius 3 is 1.75 bits per heavy atom. The minimum atomic E-state index is -4.78. The standard InChI is InChI=1S/C43H73O9P/c1-4-5-27-33-40(44)34-29-24-20-16-12-7-6-8-13-17-21-25-30-35-42(45)50-37-41(38-51-53(47,48)49)52-43(46)36-31-26-22-18-14-10-9-11-15-19-23-28-32-39(2)3/h5,7-8,12-13,20-21,24-25,27,29,34,39-41,44H,4,6,9-11,14-19,22-23,26,28,30-33,35-38H2,1-3H3,(H2,47,48,49)/b12-7-,13-8-,24-20+,25-21-,27-5-,34-29+/t40?,41-/m1/s1. The summed E-state index contributed by atoms with van der Waals surface area (Å²) >= 11 is 0. The second kappa shape index (κ2) is 36.4. The molecule has 1 unspecified atom stereocenters. The molecule has 0 rings (SSSR count). The maximum absolute atomic E-state index is 12.4. The molecule has 0 aromatic heterocycles. The molecule has 0 fully saturated rings. The zero-order valence-corrected chi connectivity index (χ0v) is 34.1. The Bertz CT molecular complexity index is 1120. The summed E-state index contributed by atoms with van der Waals surface area (Å²) in [7, 11) is -4.78. The van der Waals surface area contributed by atoms with E-state index < -0.39 is 38.6 Å². The maximum atomic E-state index is 12.4. The van der Waals surface area contributed by atoms with Gasteiger partial charge in [-0.2, -0.15) is 0 Å². The van der Waals surface area contributed by atoms with Gasteiger partial charge in [-0.3, -0.25) is 14.1 Å². The first-order valence-corrected chi connectivity index (χ1v) is 21.7. The number of ether oxygens (including phenoxy) is 2. The van der Waals surface area contributed by atoms with Crippen molar-refractivity contribution in [2.24, 2.45) is 5.92 Å². The summed E-state index contributed by atoms with van der Waals surface area (Å²) in [6, 6.07) is 0. The van der Waals surface area contributed by atoms with E-state index in [0.29, 0.717) is 19.3 Å². The van der Waals surface area contributed by atoms with Crippen LogP contribution in [0.2, 0.25) is 0 Å². The predicted molar refractivity (Wildman–Crippen MR) is 217 cm³/mol. The Morgan fingerprint density at radius 1 is 0.642 bits per heavy atom. The van der Waals surface area contributed by atoms with Crippen LogP contribution < -0.4 is 0 Å². The Hall–Kier alpha value is -2.55. The topological polar surface area (TPSA) is 140 Å². The number of phosphoric acid groups is 1. The molecule has 0 aromatic rings. The van der Waals surface area contributed by atoms with Crippen LogP contribution in [-0.2, 0) is 28.2 Å². The molecule has 0 bridgehead atoms. The number of carbonyl (C=O) groups is 2. The summed E-state index contributed by atoms with van der Waals surface area (Å²) in [6.07, 6.45) is 42.6. The van der Waals surface area contributed by atoms with E-state index in [0.717, 1.165) is 50.9 Å². The van der Waals surface area contributed by atoms with Crippen LogP contribution in [0.25, 0.3) is 0 Å². The quantitative estimate of drug-likeness (QED) is 0.0189. The molecule has 0 saturated heterocycles. The number of hydrogen-bond donors (Lipinski definition) is 3. The molecule has 0 radical (unpaired) electrons. The predicted octanol–water partition coefficient (Wildman–Crippen LogP) is 11.1. The molecular weight excluding hydrogens is 691 g/mol. The van der Waals surface area contributed by atoms with E-state index in [-0.39, 0.29) is 19.4 Å². The summed E-state index contributed by atoms with van der Waals surface area (Å²) in [5, 5.41) is 9.81. The lowest BCUT2D eigenvalue weighted by molar-refractivity contribution is -0.161. The Kier molecular flexibility index (Phi) is 34.7. The largest absolute Gasteiger partial charge is 0.469 e. The minimum Gasteiger partial charge on any atom is -0.462 e. The van der Waals surface area contributed by atoms with Crippen LogP contribution in [0, 0.1) is 5.92 Å². The van der Waals surface area contributed by atoms with Gasteiger partial charge in [-0.1, -0.05) is 171 Å². The number of rotatable bonds is 35. The van der Waals surface area contributed by atoms with Crippen molar-refractivity contribution in [3.8, 4) is 0 Å². The Balaban J connectivity index is 4.11. The second-order valence-electron chi connectivity index (χ2n) is 13.9. The summed E-state index contributed by atoms with van der Waals surface area (Å²) in [6.45, 7) is 5.72. The highest BCUT2D eigenvalue weighted by molar-refractivity contribution is 7.46. The molecule has 0 aliphatic heterocycles. The molecule has 0 saturated carbocycles. The number of unbranched alkanes of at least 4 members (excludes halogenated alkanes) is 11. The molecule has 3 N–H and O–H groups in total. The lowest BCUT2D eigenvalue weighted by Crippen LogP contribution is -2.29. The second-order valence-corrected chi connectivity index (χ2v) is 15.2. The van der Waals surface area contributed by atoms with Gasteiger partial charge in [-0.25, -0.2) is 4.57 Å². The number of phosphoric ester groups is 1. The van der Waals surface area contributed by atoms with Gasteiger partial charge in [0.05, 0.1) is 12.7 Å². The summed E-state index contributed by atoms with van der Waals surface area (Å²) in [4.78, 5) is 42.8. The SMILES string of the molecule is CC/C=C\CC(O)/C=C/C=C/C/C=C\C/C=C\C/C=C\CCC(=O)OC[C@H](COP(=O)(O)O)OC(=O)CCCCCCCCCCCCCCC(C)C. The lowest BCUT2D eigenvalue weighted by atomic mass is 10.0. The number of hydrogen-bond acceptors (Lipinski definition) is 7. The molecule has 0 amide bonds. The van der Waals surface area contributed by atoms with Gasteiger partial charge in [0.15, 0.2) is 6.10 Å². The first-order chi connectivity index (χ1) is 25.5. The van der Waals surface area contributed by atoms with Crippen molar-refractivity contribution < 1.29 is 43.0 Å². The molecule has 2 atom stereocenters. The smallest absolute Gasteiger partial charge is 0.462 e. The highest BCUT2D eigenvalue weighted by Crippen LogP contribution is 2.36. The van der Waals surface area contributed by atoms with Gasteiger partial charge in [0.25, 0.3) is 0 Å². The van der Waals surface area contributed by atoms with E-state index in [1.807, 2.05) is 48.6 Å². The van der Waals surface area contributed by atoms with Crippen LogP contribution in [0.3, 0.4) is 0 Å². The van der Waals surface area contributed by atoms with Gasteiger partial charge >= 0.3 is 19.8 Å². The van der Waals surface area contributed by atoms with Crippen molar-refractivity contribution in [3.63, 3.8) is 0 Å². The zero-order valence-electron chi connectivity index (χ0n) is 33.2.